The fourth-order valence-electron chi connectivity index (χ4n) is 2.78. The van der Waals surface area contributed by atoms with Gasteiger partial charge in [-0.25, -0.2) is 0 Å². The molecule has 3 aromatic carbocycles. The van der Waals surface area contributed by atoms with Gasteiger partial charge in [0.15, 0.2) is 0 Å². The number of rotatable bonds is 5. The van der Waals surface area contributed by atoms with Gasteiger partial charge in [0, 0.05) is 11.3 Å². The number of aryl methyl sites for hydroxylation is 1. The van der Waals surface area contributed by atoms with Gasteiger partial charge in [-0.2, -0.15) is 8.42 Å². The minimum Gasteiger partial charge on any atom is -0.296 e. The van der Waals surface area contributed by atoms with Crippen molar-refractivity contribution in [3.63, 3.8) is 0 Å². The van der Waals surface area contributed by atoms with Gasteiger partial charge in [0.25, 0.3) is 20.3 Å². The molecule has 29 heavy (non-hydrogen) atoms. The molecule has 1 heterocycles. The summed E-state index contributed by atoms with van der Waals surface area (Å²) in [4.78, 5) is 12.5. The van der Waals surface area contributed by atoms with Crippen molar-refractivity contribution >= 4 is 48.9 Å². The van der Waals surface area contributed by atoms with Gasteiger partial charge in [-0.1, -0.05) is 53.8 Å². The Hall–Kier alpha value is -3.30. The van der Waals surface area contributed by atoms with Crippen LogP contribution in [-0.2, 0) is 10.0 Å². The number of aromatic nitrogens is 2. The van der Waals surface area contributed by atoms with E-state index >= 15 is 0 Å². The number of nitrogens with one attached hydrogen (secondary N) is 2. The van der Waals surface area contributed by atoms with Crippen molar-refractivity contribution in [3.05, 3.63) is 77.9 Å². The SMILES string of the molecule is Cc1cccc(NS(=O)(=O)c2nnc(NC(=O)c3ccc4ccccc4c3)s2)c1. The van der Waals surface area contributed by atoms with Crippen molar-refractivity contribution in [2.24, 2.45) is 0 Å². The van der Waals surface area contributed by atoms with Crippen LogP contribution in [0.5, 0.6) is 0 Å². The third kappa shape index (κ3) is 4.25. The van der Waals surface area contributed by atoms with E-state index in [1.54, 1.807) is 30.3 Å². The lowest BCUT2D eigenvalue weighted by molar-refractivity contribution is 0.102. The zero-order valence-corrected chi connectivity index (χ0v) is 16.9. The van der Waals surface area contributed by atoms with E-state index in [9.17, 15) is 13.2 Å². The van der Waals surface area contributed by atoms with Crippen LogP contribution in [0.3, 0.4) is 0 Å². The van der Waals surface area contributed by atoms with Crippen LogP contribution in [-0.4, -0.2) is 24.5 Å². The summed E-state index contributed by atoms with van der Waals surface area (Å²) in [5.41, 5.74) is 1.80. The number of sulfonamides is 1. The van der Waals surface area contributed by atoms with E-state index in [2.05, 4.69) is 20.2 Å². The Morgan fingerprint density at radius 1 is 0.931 bits per heavy atom. The highest BCUT2D eigenvalue weighted by Gasteiger charge is 2.21. The molecule has 0 bridgehead atoms. The minimum absolute atomic E-state index is 0.104. The standard InChI is InChI=1S/C20H16N4O3S2/c1-13-5-4-8-17(11-13)24-29(26,27)20-23-22-19(28-20)21-18(25)16-10-9-14-6-2-3-7-15(14)12-16/h2-12,24H,1H3,(H,21,22,25). The van der Waals surface area contributed by atoms with Gasteiger partial charge in [-0.15, -0.1) is 10.2 Å². The van der Waals surface area contributed by atoms with Crippen LogP contribution in [0.25, 0.3) is 10.8 Å². The van der Waals surface area contributed by atoms with Crippen molar-refractivity contribution in [1.29, 1.82) is 0 Å². The molecule has 146 valence electrons. The Morgan fingerprint density at radius 2 is 1.72 bits per heavy atom. The first-order valence-corrected chi connectivity index (χ1v) is 10.9. The summed E-state index contributed by atoms with van der Waals surface area (Å²) >= 11 is 0.785. The van der Waals surface area contributed by atoms with Crippen molar-refractivity contribution in [2.45, 2.75) is 11.3 Å². The summed E-state index contributed by atoms with van der Waals surface area (Å²) in [5, 5.41) is 12.2. The summed E-state index contributed by atoms with van der Waals surface area (Å²) in [6.07, 6.45) is 0. The molecule has 0 aliphatic heterocycles. The van der Waals surface area contributed by atoms with Gasteiger partial charge in [0.05, 0.1) is 0 Å². The summed E-state index contributed by atoms with van der Waals surface area (Å²) < 4.78 is 27.3. The number of fused-ring (bicyclic) bond motifs is 1. The van der Waals surface area contributed by atoms with E-state index in [1.807, 2.05) is 43.3 Å². The summed E-state index contributed by atoms with van der Waals surface area (Å²) in [5.74, 6) is -0.387. The Labute approximate surface area is 171 Å². The zero-order valence-electron chi connectivity index (χ0n) is 15.3. The number of amides is 1. The topological polar surface area (TPSA) is 101 Å². The second-order valence-corrected chi connectivity index (χ2v) is 9.20. The number of carbonyl (C=O) groups excluding carboxylic acids is 1. The largest absolute Gasteiger partial charge is 0.296 e. The molecule has 1 aromatic heterocycles. The average Bonchev–Trinajstić information content (AvgIpc) is 3.17. The molecule has 4 aromatic rings. The first-order valence-electron chi connectivity index (χ1n) is 8.64. The molecular formula is C20H16N4O3S2. The number of anilines is 2. The van der Waals surface area contributed by atoms with Gasteiger partial charge in [-0.05, 0) is 47.5 Å². The van der Waals surface area contributed by atoms with E-state index in [1.165, 1.54) is 0 Å². The molecule has 0 unspecified atom stereocenters. The van der Waals surface area contributed by atoms with Gasteiger partial charge in [0.1, 0.15) is 0 Å². The van der Waals surface area contributed by atoms with Crippen LogP contribution < -0.4 is 10.0 Å². The van der Waals surface area contributed by atoms with E-state index in [0.29, 0.717) is 11.3 Å². The molecule has 0 saturated heterocycles. The van der Waals surface area contributed by atoms with Crippen molar-refractivity contribution in [3.8, 4) is 0 Å². The van der Waals surface area contributed by atoms with Crippen LogP contribution in [0.1, 0.15) is 15.9 Å². The number of hydrogen-bond donors (Lipinski definition) is 2. The van der Waals surface area contributed by atoms with E-state index in [0.717, 1.165) is 27.7 Å². The normalized spacial score (nSPS) is 11.3. The third-order valence-electron chi connectivity index (χ3n) is 4.14. The first-order chi connectivity index (χ1) is 13.9. The maximum Gasteiger partial charge on any atom is 0.291 e. The van der Waals surface area contributed by atoms with Gasteiger partial charge < -0.3 is 0 Å². The molecule has 0 spiro atoms. The van der Waals surface area contributed by atoms with Crippen LogP contribution in [0.4, 0.5) is 10.8 Å². The van der Waals surface area contributed by atoms with Crippen molar-refractivity contribution < 1.29 is 13.2 Å². The molecule has 0 fully saturated rings. The number of carbonyl (C=O) groups is 1. The highest BCUT2D eigenvalue weighted by Crippen LogP contribution is 2.24. The van der Waals surface area contributed by atoms with Gasteiger partial charge >= 0.3 is 0 Å². The fourth-order valence-corrected chi connectivity index (χ4v) is 4.72. The van der Waals surface area contributed by atoms with Crippen LogP contribution in [0.2, 0.25) is 0 Å². The molecule has 9 heteroatoms. The number of benzene rings is 3. The summed E-state index contributed by atoms with van der Waals surface area (Å²) in [6, 6.07) is 20.0. The molecular weight excluding hydrogens is 408 g/mol. The van der Waals surface area contributed by atoms with Crippen molar-refractivity contribution in [1.82, 2.24) is 10.2 Å². The second-order valence-electron chi connectivity index (χ2n) is 6.36. The molecule has 2 N–H and O–H groups in total. The maximum atomic E-state index is 12.5. The Balaban J connectivity index is 1.51. The average molecular weight is 425 g/mol. The molecule has 0 atom stereocenters. The second kappa shape index (κ2) is 7.61. The van der Waals surface area contributed by atoms with E-state index in [4.69, 9.17) is 0 Å². The maximum absolute atomic E-state index is 12.5. The monoisotopic (exact) mass is 424 g/mol. The third-order valence-corrected chi connectivity index (χ3v) is 6.73. The van der Waals surface area contributed by atoms with Crippen LogP contribution in [0, 0.1) is 6.92 Å². The van der Waals surface area contributed by atoms with Gasteiger partial charge in [0.2, 0.25) is 5.13 Å². The summed E-state index contributed by atoms with van der Waals surface area (Å²) in [7, 11) is -3.89. The number of nitrogens with zero attached hydrogens (tertiary/aromatic N) is 2. The molecule has 7 nitrogen and oxygen atoms in total. The predicted octanol–water partition coefficient (Wildman–Crippen LogP) is 4.05. The van der Waals surface area contributed by atoms with Crippen molar-refractivity contribution in [2.75, 3.05) is 10.0 Å². The predicted molar refractivity (Wildman–Crippen MR) is 114 cm³/mol. The quantitative estimate of drug-likeness (QED) is 0.471. The lowest BCUT2D eigenvalue weighted by atomic mass is 10.1. The fraction of sp³-hybridized carbons (Fsp3) is 0.0500. The highest BCUT2D eigenvalue weighted by molar-refractivity contribution is 7.94. The minimum atomic E-state index is -3.89. The Morgan fingerprint density at radius 3 is 2.52 bits per heavy atom. The van der Waals surface area contributed by atoms with E-state index < -0.39 is 10.0 Å². The number of hydrogen-bond acceptors (Lipinski definition) is 6. The Kier molecular flexibility index (Phi) is 4.99. The molecule has 0 aliphatic rings. The Bertz CT molecular complexity index is 1320. The van der Waals surface area contributed by atoms with Crippen LogP contribution in [0.15, 0.2) is 71.1 Å². The first kappa shape index (κ1) is 19.0. The summed E-state index contributed by atoms with van der Waals surface area (Å²) in [6.45, 7) is 1.86. The smallest absolute Gasteiger partial charge is 0.291 e. The highest BCUT2D eigenvalue weighted by atomic mass is 32.2. The molecule has 0 saturated carbocycles. The molecule has 4 rings (SSSR count). The molecule has 1 amide bonds. The zero-order chi connectivity index (χ0) is 20.4. The molecule has 0 aliphatic carbocycles. The van der Waals surface area contributed by atoms with E-state index in [-0.39, 0.29) is 15.4 Å². The van der Waals surface area contributed by atoms with Crippen LogP contribution >= 0.6 is 11.3 Å². The lowest BCUT2D eigenvalue weighted by Crippen LogP contribution is -2.12. The molecule has 0 radical (unpaired) electrons. The lowest BCUT2D eigenvalue weighted by Gasteiger charge is -2.05. The van der Waals surface area contributed by atoms with Gasteiger partial charge in [-0.3, -0.25) is 14.8 Å².